The van der Waals surface area contributed by atoms with Crippen molar-refractivity contribution in [2.24, 2.45) is 0 Å². The van der Waals surface area contributed by atoms with Gasteiger partial charge in [0.25, 0.3) is 10.0 Å². The zero-order chi connectivity index (χ0) is 33.9. The molecule has 3 aromatic carbocycles. The Morgan fingerprint density at radius 3 is 2.31 bits per heavy atom. The van der Waals surface area contributed by atoms with Crippen molar-refractivity contribution >= 4 is 26.8 Å². The number of hydrogen-bond acceptors (Lipinski definition) is 9. The summed E-state index contributed by atoms with van der Waals surface area (Å²) in [5.74, 6) is -0.0119. The van der Waals surface area contributed by atoms with E-state index in [9.17, 15) is 13.2 Å². The van der Waals surface area contributed by atoms with E-state index in [1.165, 1.54) is 37.5 Å². The molecule has 3 aliphatic heterocycles. The SMILES string of the molecule is CCOc1cccc2ccc3c(c12)CN(C1=C(C)C2(OCC)C=CC1(CC1(NC(=O)NS(=O)(=O)c4c(OC)cccc4OC)CC1)O2)C3. The maximum Gasteiger partial charge on any atom is 0.329 e. The van der Waals surface area contributed by atoms with Crippen molar-refractivity contribution in [2.75, 3.05) is 27.4 Å². The third kappa shape index (κ3) is 5.17. The van der Waals surface area contributed by atoms with Gasteiger partial charge >= 0.3 is 6.03 Å². The van der Waals surface area contributed by atoms with E-state index in [0.717, 1.165) is 27.8 Å². The van der Waals surface area contributed by atoms with E-state index in [2.05, 4.69) is 40.1 Å². The summed E-state index contributed by atoms with van der Waals surface area (Å²) in [6.07, 6.45) is 5.74. The van der Waals surface area contributed by atoms with Crippen LogP contribution < -0.4 is 24.2 Å². The van der Waals surface area contributed by atoms with Gasteiger partial charge in [-0.3, -0.25) is 0 Å². The second kappa shape index (κ2) is 11.7. The quantitative estimate of drug-likeness (QED) is 0.239. The average Bonchev–Trinajstić information content (AvgIpc) is 3.39. The number of benzene rings is 3. The monoisotopic (exact) mass is 675 g/mol. The number of amides is 2. The average molecular weight is 676 g/mol. The van der Waals surface area contributed by atoms with Gasteiger partial charge in [-0.1, -0.05) is 30.3 Å². The van der Waals surface area contributed by atoms with Gasteiger partial charge in [0.05, 0.1) is 26.5 Å². The van der Waals surface area contributed by atoms with Crippen LogP contribution in [0, 0.1) is 0 Å². The molecule has 11 nitrogen and oxygen atoms in total. The molecule has 48 heavy (non-hydrogen) atoms. The predicted molar refractivity (Wildman–Crippen MR) is 179 cm³/mol. The van der Waals surface area contributed by atoms with Gasteiger partial charge in [-0.15, -0.1) is 0 Å². The van der Waals surface area contributed by atoms with Gasteiger partial charge in [-0.05, 0) is 80.5 Å². The zero-order valence-electron chi connectivity index (χ0n) is 27.8. The van der Waals surface area contributed by atoms with Crippen LogP contribution in [0.4, 0.5) is 4.79 Å². The molecule has 0 spiro atoms. The molecule has 0 saturated heterocycles. The first-order valence-corrected chi connectivity index (χ1v) is 17.7. The number of ether oxygens (including phenoxy) is 5. The Hall–Kier alpha value is -4.26. The van der Waals surface area contributed by atoms with Gasteiger partial charge in [-0.25, -0.2) is 17.9 Å². The largest absolute Gasteiger partial charge is 0.495 e. The lowest BCUT2D eigenvalue weighted by Crippen LogP contribution is -2.50. The molecule has 1 aliphatic carbocycles. The highest BCUT2D eigenvalue weighted by atomic mass is 32.2. The Kier molecular flexibility index (Phi) is 7.88. The van der Waals surface area contributed by atoms with Crippen LogP contribution in [-0.2, 0) is 32.6 Å². The van der Waals surface area contributed by atoms with Crippen molar-refractivity contribution in [3.63, 3.8) is 0 Å². The van der Waals surface area contributed by atoms with Gasteiger partial charge in [0.15, 0.2) is 4.90 Å². The van der Waals surface area contributed by atoms with Gasteiger partial charge < -0.3 is 33.9 Å². The molecule has 4 aliphatic rings. The molecule has 1 saturated carbocycles. The Bertz CT molecular complexity index is 1950. The third-order valence-corrected chi connectivity index (χ3v) is 11.2. The highest BCUT2D eigenvalue weighted by molar-refractivity contribution is 7.90. The second-order valence-electron chi connectivity index (χ2n) is 12.8. The van der Waals surface area contributed by atoms with Crippen LogP contribution in [0.15, 0.2) is 76.8 Å². The lowest BCUT2D eigenvalue weighted by molar-refractivity contribution is -0.189. The van der Waals surface area contributed by atoms with E-state index in [1.54, 1.807) is 6.07 Å². The van der Waals surface area contributed by atoms with E-state index in [1.807, 2.05) is 38.1 Å². The predicted octanol–water partition coefficient (Wildman–Crippen LogP) is 5.53. The Morgan fingerprint density at radius 1 is 0.938 bits per heavy atom. The Balaban J connectivity index is 1.17. The number of nitrogens with zero attached hydrogens (tertiary/aromatic N) is 1. The second-order valence-corrected chi connectivity index (χ2v) is 14.4. The first-order valence-electron chi connectivity index (χ1n) is 16.3. The lowest BCUT2D eigenvalue weighted by atomic mass is 9.84. The molecule has 3 aromatic rings. The molecule has 254 valence electrons. The van der Waals surface area contributed by atoms with Gasteiger partial charge in [0.1, 0.15) is 22.8 Å². The molecule has 1 fully saturated rings. The highest BCUT2D eigenvalue weighted by Crippen LogP contribution is 2.58. The first kappa shape index (κ1) is 32.3. The van der Waals surface area contributed by atoms with Crippen LogP contribution in [0.25, 0.3) is 10.8 Å². The summed E-state index contributed by atoms with van der Waals surface area (Å²) in [6.45, 7) is 8.34. The minimum Gasteiger partial charge on any atom is -0.495 e. The van der Waals surface area contributed by atoms with Crippen LogP contribution in [0.2, 0.25) is 0 Å². The highest BCUT2D eigenvalue weighted by Gasteiger charge is 2.63. The topological polar surface area (TPSA) is 125 Å². The number of methoxy groups -OCH3 is 2. The van der Waals surface area contributed by atoms with Crippen molar-refractivity contribution in [1.29, 1.82) is 0 Å². The molecule has 2 amide bonds. The molecule has 0 aromatic heterocycles. The van der Waals surface area contributed by atoms with Crippen LogP contribution in [0.3, 0.4) is 0 Å². The van der Waals surface area contributed by atoms with Gasteiger partial charge in [-0.2, -0.15) is 0 Å². The van der Waals surface area contributed by atoms with Gasteiger partial charge in [0.2, 0.25) is 5.79 Å². The third-order valence-electron chi connectivity index (χ3n) is 9.79. The number of nitrogens with one attached hydrogen (secondary N) is 2. The molecule has 3 heterocycles. The fourth-order valence-electron chi connectivity index (χ4n) is 7.68. The number of urea groups is 1. The minimum atomic E-state index is -4.34. The Morgan fingerprint density at radius 2 is 1.65 bits per heavy atom. The lowest BCUT2D eigenvalue weighted by Gasteiger charge is -2.36. The van der Waals surface area contributed by atoms with Gasteiger partial charge in [0, 0.05) is 42.6 Å². The van der Waals surface area contributed by atoms with Crippen LogP contribution in [0.1, 0.15) is 51.2 Å². The summed E-state index contributed by atoms with van der Waals surface area (Å²) in [4.78, 5) is 15.5. The molecule has 2 bridgehead atoms. The molecule has 7 rings (SSSR count). The summed E-state index contributed by atoms with van der Waals surface area (Å²) in [7, 11) is -1.62. The molecule has 2 atom stereocenters. The summed E-state index contributed by atoms with van der Waals surface area (Å²) in [5, 5.41) is 5.23. The van der Waals surface area contributed by atoms with Crippen molar-refractivity contribution < 1.29 is 36.9 Å². The maximum absolute atomic E-state index is 13.4. The fraction of sp³-hybridized carbons (Fsp3) is 0.417. The van der Waals surface area contributed by atoms with Crippen LogP contribution in [0.5, 0.6) is 17.2 Å². The zero-order valence-corrected chi connectivity index (χ0v) is 28.7. The summed E-state index contributed by atoms with van der Waals surface area (Å²) in [5.41, 5.74) is 2.83. The number of fused-ring (bicyclic) bond motifs is 5. The van der Waals surface area contributed by atoms with E-state index in [-0.39, 0.29) is 16.4 Å². The molecule has 2 N–H and O–H groups in total. The van der Waals surface area contributed by atoms with E-state index < -0.39 is 33.0 Å². The number of hydrogen-bond donors (Lipinski definition) is 2. The fourth-order valence-corrected chi connectivity index (χ4v) is 8.91. The number of sulfonamides is 1. The number of carbonyl (C=O) groups excluding carboxylic acids is 1. The first-order chi connectivity index (χ1) is 23.0. The molecule has 0 radical (unpaired) electrons. The molecular formula is C36H41N3O8S. The maximum atomic E-state index is 13.4. The van der Waals surface area contributed by atoms with Crippen molar-refractivity contribution in [3.8, 4) is 17.2 Å². The summed E-state index contributed by atoms with van der Waals surface area (Å²) in [6, 6.07) is 14.3. The van der Waals surface area contributed by atoms with E-state index in [0.29, 0.717) is 45.6 Å². The van der Waals surface area contributed by atoms with Crippen LogP contribution in [-0.4, -0.2) is 63.7 Å². The van der Waals surface area contributed by atoms with E-state index >= 15 is 0 Å². The molecule has 2 unspecified atom stereocenters. The van der Waals surface area contributed by atoms with Crippen molar-refractivity contribution in [2.45, 2.75) is 74.9 Å². The van der Waals surface area contributed by atoms with E-state index in [4.69, 9.17) is 23.7 Å². The number of carbonyl (C=O) groups is 1. The minimum absolute atomic E-state index is 0.0652. The normalized spacial score (nSPS) is 23.4. The number of rotatable bonds is 12. The van der Waals surface area contributed by atoms with Crippen LogP contribution >= 0.6 is 0 Å². The van der Waals surface area contributed by atoms with Crippen molar-refractivity contribution in [3.05, 3.63) is 83.1 Å². The van der Waals surface area contributed by atoms with Crippen molar-refractivity contribution in [1.82, 2.24) is 14.9 Å². The summed E-state index contributed by atoms with van der Waals surface area (Å²) >= 11 is 0. The Labute approximate surface area is 280 Å². The molecular weight excluding hydrogens is 634 g/mol. The summed E-state index contributed by atoms with van der Waals surface area (Å²) < 4.78 is 58.7. The standard InChI is InChI=1S/C36H41N3O8S/c1-6-45-27-11-8-10-24-14-15-25-20-39(21-26(25)30(24)27)32-23(3)36(46-7-2)19-18-35(32,47-36)22-34(16-17-34)37-33(40)38-48(41,42)31-28(43-4)12-9-13-29(31)44-5/h8-15,18-19H,6-7,16-17,20-22H2,1-5H3,(H2,37,38,40). The molecule has 12 heteroatoms. The smallest absolute Gasteiger partial charge is 0.329 e.